The van der Waals surface area contributed by atoms with Crippen molar-refractivity contribution in [1.82, 2.24) is 0 Å². The fourth-order valence-electron chi connectivity index (χ4n) is 3.39. The van der Waals surface area contributed by atoms with Crippen molar-refractivity contribution in [1.29, 1.82) is 0 Å². The van der Waals surface area contributed by atoms with Gasteiger partial charge < -0.3 is 49.6 Å². The zero-order valence-electron chi connectivity index (χ0n) is 19.4. The molecule has 198 valence electrons. The predicted octanol–water partition coefficient (Wildman–Crippen LogP) is -5.82. The van der Waals surface area contributed by atoms with E-state index in [1.54, 1.807) is 0 Å². The molecule has 0 atom stereocenters. The average Bonchev–Trinajstić information content (AvgIpc) is 2.88. The normalized spacial score (nSPS) is 9.44. The molecule has 8 heteroatoms. The molecule has 0 aliphatic carbocycles. The van der Waals surface area contributed by atoms with Crippen LogP contribution in [0.5, 0.6) is 0 Å². The molecule has 0 N–H and O–H groups in total. The SMILES string of the molecule is [Cl-].[Cl-].[Cl-].[Cl-].[Ni+2][CH2]CP(c1ccccc1)c1ccccc1.[Ni+2][CH2]CP(c1ccccc1)c1ccccc1. The Morgan fingerprint density at radius 1 is 0.361 bits per heavy atom. The topological polar surface area (TPSA) is 0 Å². The summed E-state index contributed by atoms with van der Waals surface area (Å²) in [6.45, 7) is 0. The van der Waals surface area contributed by atoms with E-state index in [0.717, 1.165) is 23.1 Å². The van der Waals surface area contributed by atoms with Crippen molar-refractivity contribution < 1.29 is 80.6 Å². The summed E-state index contributed by atoms with van der Waals surface area (Å²) in [5, 5.41) is 7.47. The summed E-state index contributed by atoms with van der Waals surface area (Å²) in [6, 6.07) is 42.9. The van der Waals surface area contributed by atoms with E-state index in [1.807, 2.05) is 0 Å². The third-order valence-electron chi connectivity index (χ3n) is 4.86. The first-order chi connectivity index (χ1) is 15.8. The van der Waals surface area contributed by atoms with Crippen LogP contribution in [-0.4, -0.2) is 12.3 Å². The molecule has 0 spiro atoms. The van der Waals surface area contributed by atoms with Crippen molar-refractivity contribution in [2.24, 2.45) is 0 Å². The molecule has 0 unspecified atom stereocenters. The Labute approximate surface area is 260 Å². The van der Waals surface area contributed by atoms with Gasteiger partial charge in [-0.2, -0.15) is 0 Å². The molecule has 4 aromatic carbocycles. The molecule has 0 saturated carbocycles. The number of hydrogen-bond donors (Lipinski definition) is 0. The fourth-order valence-corrected chi connectivity index (χ4v) is 8.75. The third-order valence-corrected chi connectivity index (χ3v) is 11.0. The van der Waals surface area contributed by atoms with Crippen molar-refractivity contribution in [2.75, 3.05) is 12.3 Å². The number of rotatable bonds is 8. The molecule has 0 fully saturated rings. The second-order valence-corrected chi connectivity index (χ2v) is 12.6. The molecule has 4 rings (SSSR count). The van der Waals surface area contributed by atoms with Crippen molar-refractivity contribution in [2.45, 2.75) is 10.8 Å². The molecule has 36 heavy (non-hydrogen) atoms. The Balaban J connectivity index is 0. The van der Waals surface area contributed by atoms with E-state index in [0.29, 0.717) is 0 Å². The van der Waals surface area contributed by atoms with Gasteiger partial charge in [0.1, 0.15) is 0 Å². The van der Waals surface area contributed by atoms with Gasteiger partial charge in [-0.25, -0.2) is 0 Å². The first-order valence-electron chi connectivity index (χ1n) is 10.6. The van der Waals surface area contributed by atoms with Gasteiger partial charge in [-0.15, -0.1) is 0 Å². The van der Waals surface area contributed by atoms with Crippen molar-refractivity contribution in [3.05, 3.63) is 121 Å². The second kappa shape index (κ2) is 22.8. The first kappa shape index (κ1) is 38.0. The predicted molar refractivity (Wildman–Crippen MR) is 137 cm³/mol. The Kier molecular flexibility index (Phi) is 24.1. The summed E-state index contributed by atoms with van der Waals surface area (Å²) in [7, 11) is -0.489. The molecule has 0 aliphatic heterocycles. The average molecular weight is 686 g/mol. The van der Waals surface area contributed by atoms with E-state index < -0.39 is 0 Å². The van der Waals surface area contributed by atoms with Gasteiger partial charge in [0.2, 0.25) is 0 Å². The quantitative estimate of drug-likeness (QED) is 0.128. The van der Waals surface area contributed by atoms with Crippen LogP contribution in [-0.2, 0) is 30.9 Å². The van der Waals surface area contributed by atoms with Crippen LogP contribution in [0, 0.1) is 0 Å². The van der Waals surface area contributed by atoms with Gasteiger partial charge in [0.15, 0.2) is 0 Å². The second-order valence-electron chi connectivity index (χ2n) is 6.96. The molecule has 0 aliphatic rings. The molecule has 4 aromatic rings. The minimum absolute atomic E-state index is 0. The van der Waals surface area contributed by atoms with Crippen LogP contribution in [0.4, 0.5) is 0 Å². The van der Waals surface area contributed by atoms with Crippen LogP contribution in [0.2, 0.25) is 10.8 Å². The zero-order chi connectivity index (χ0) is 22.4. The van der Waals surface area contributed by atoms with Gasteiger partial charge in [0.25, 0.3) is 0 Å². The minimum atomic E-state index is -0.245. The molecule has 0 saturated heterocycles. The third kappa shape index (κ3) is 12.6. The number of halogens is 4. The first-order valence-corrected chi connectivity index (χ1v) is 15.1. The molecule has 0 amide bonds. The summed E-state index contributed by atoms with van der Waals surface area (Å²) >= 11 is 9.71. The van der Waals surface area contributed by atoms with E-state index >= 15 is 0 Å². The van der Waals surface area contributed by atoms with Gasteiger partial charge in [-0.1, -0.05) is 0 Å². The molecule has 0 aromatic heterocycles. The maximum atomic E-state index is 4.86. The van der Waals surface area contributed by atoms with E-state index in [2.05, 4.69) is 121 Å². The summed E-state index contributed by atoms with van der Waals surface area (Å²) in [5.41, 5.74) is 0. The Morgan fingerprint density at radius 3 is 0.722 bits per heavy atom. The van der Waals surface area contributed by atoms with Crippen molar-refractivity contribution in [3.63, 3.8) is 0 Å². The summed E-state index contributed by atoms with van der Waals surface area (Å²) in [6.07, 6.45) is 2.23. The van der Waals surface area contributed by atoms with Crippen LogP contribution in [0.3, 0.4) is 0 Å². The summed E-state index contributed by atoms with van der Waals surface area (Å²) in [4.78, 5) is 0. The van der Waals surface area contributed by atoms with Gasteiger partial charge in [0.05, 0.1) is 0 Å². The standard InChI is InChI=1S/2C14H14P.4ClH.2Ni/c2*1-2-15(13-9-5-3-6-10-13)14-11-7-4-8-12-14;;;;;;/h2*3-12H,1-2H2;4*1H;;/q;;;;;;2*+2/p-4. The van der Waals surface area contributed by atoms with Gasteiger partial charge in [-0.3, -0.25) is 0 Å². The van der Waals surface area contributed by atoms with Crippen molar-refractivity contribution >= 4 is 37.1 Å². The van der Waals surface area contributed by atoms with Gasteiger partial charge in [0, 0.05) is 0 Å². The van der Waals surface area contributed by atoms with Gasteiger partial charge >= 0.3 is 212 Å². The molecular formula is C28H28Cl4Ni2P2. The van der Waals surface area contributed by atoms with Crippen LogP contribution in [0.15, 0.2) is 121 Å². The van der Waals surface area contributed by atoms with E-state index in [-0.39, 0.29) is 65.5 Å². The Morgan fingerprint density at radius 2 is 0.556 bits per heavy atom. The monoisotopic (exact) mass is 682 g/mol. The molecule has 0 radical (unpaired) electrons. The molecular weight excluding hydrogens is 657 g/mol. The molecule has 0 bridgehead atoms. The van der Waals surface area contributed by atoms with Crippen LogP contribution >= 0.6 is 15.8 Å². The van der Waals surface area contributed by atoms with Crippen LogP contribution in [0.1, 0.15) is 0 Å². The fraction of sp³-hybridized carbons (Fsp3) is 0.143. The van der Waals surface area contributed by atoms with Crippen LogP contribution in [0.25, 0.3) is 0 Å². The summed E-state index contributed by atoms with van der Waals surface area (Å²) < 4.78 is 0. The van der Waals surface area contributed by atoms with E-state index in [1.165, 1.54) is 21.2 Å². The molecule has 0 nitrogen and oxygen atoms in total. The van der Waals surface area contributed by atoms with Gasteiger partial charge in [-0.05, 0) is 0 Å². The van der Waals surface area contributed by atoms with E-state index in [4.69, 9.17) is 30.9 Å². The van der Waals surface area contributed by atoms with Crippen LogP contribution < -0.4 is 70.8 Å². The summed E-state index contributed by atoms with van der Waals surface area (Å²) in [5.74, 6) is 0. The van der Waals surface area contributed by atoms with E-state index in [9.17, 15) is 0 Å². The molecule has 0 heterocycles. The van der Waals surface area contributed by atoms with Crippen molar-refractivity contribution in [3.8, 4) is 0 Å². The Hall–Kier alpha value is -0.113. The zero-order valence-corrected chi connectivity index (χ0v) is 26.2. The number of benzene rings is 4. The number of hydrogen-bond acceptors (Lipinski definition) is 0. The Bertz CT molecular complexity index is 851. The maximum absolute atomic E-state index is 4.86.